The summed E-state index contributed by atoms with van der Waals surface area (Å²) in [6.45, 7) is 0.738. The molecule has 0 aliphatic rings. The second-order valence-electron chi connectivity index (χ2n) is 4.32. The summed E-state index contributed by atoms with van der Waals surface area (Å²) in [4.78, 5) is 14.0. The molecule has 1 rings (SSSR count). The molecule has 0 saturated carbocycles. The quantitative estimate of drug-likeness (QED) is 0.551. The van der Waals surface area contributed by atoms with Gasteiger partial charge in [-0.05, 0) is 31.0 Å². The van der Waals surface area contributed by atoms with E-state index in [1.165, 1.54) is 0 Å². The van der Waals surface area contributed by atoms with Crippen LogP contribution in [0.5, 0.6) is 5.75 Å². The third kappa shape index (κ3) is 5.03. The summed E-state index contributed by atoms with van der Waals surface area (Å²) in [5.41, 5.74) is 0.512. The zero-order valence-electron chi connectivity index (χ0n) is 11.3. The Morgan fingerprint density at radius 2 is 2.11 bits per heavy atom. The van der Waals surface area contributed by atoms with Gasteiger partial charge in [-0.1, -0.05) is 34.0 Å². The number of hydrogen-bond donors (Lipinski definition) is 0. The molecular formula is C14H19BrClNO2. The summed E-state index contributed by atoms with van der Waals surface area (Å²) in [5, 5.41) is 1.55. The zero-order chi connectivity index (χ0) is 14.3. The van der Waals surface area contributed by atoms with Gasteiger partial charge >= 0.3 is 0 Å². The number of hydrogen-bond acceptors (Lipinski definition) is 2. The highest BCUT2D eigenvalue weighted by molar-refractivity contribution is 9.09. The van der Waals surface area contributed by atoms with Crippen molar-refractivity contribution in [3.63, 3.8) is 0 Å². The van der Waals surface area contributed by atoms with Gasteiger partial charge in [0, 0.05) is 23.9 Å². The molecule has 0 radical (unpaired) electrons. The van der Waals surface area contributed by atoms with Crippen molar-refractivity contribution >= 4 is 33.4 Å². The molecule has 0 aliphatic heterocycles. The average Bonchev–Trinajstić information content (AvgIpc) is 2.42. The van der Waals surface area contributed by atoms with E-state index in [-0.39, 0.29) is 5.91 Å². The molecule has 0 aliphatic carbocycles. The minimum absolute atomic E-state index is 0.0572. The molecule has 0 heterocycles. The highest BCUT2D eigenvalue weighted by atomic mass is 79.9. The Morgan fingerprint density at radius 1 is 1.37 bits per heavy atom. The number of benzene rings is 1. The van der Waals surface area contributed by atoms with Crippen LogP contribution in [0.2, 0.25) is 5.02 Å². The van der Waals surface area contributed by atoms with Gasteiger partial charge in [0.05, 0.1) is 12.7 Å². The van der Waals surface area contributed by atoms with Crippen LogP contribution in [-0.4, -0.2) is 36.8 Å². The molecular weight excluding hydrogens is 330 g/mol. The molecule has 0 fully saturated rings. The first-order valence-corrected chi connectivity index (χ1v) is 7.75. The molecule has 0 unspecified atom stereocenters. The summed E-state index contributed by atoms with van der Waals surface area (Å²) in [5.74, 6) is 0.500. The minimum atomic E-state index is -0.0572. The fourth-order valence-corrected chi connectivity index (χ4v) is 2.34. The highest BCUT2D eigenvalue weighted by Gasteiger charge is 2.16. The second-order valence-corrected chi connectivity index (χ2v) is 5.55. The van der Waals surface area contributed by atoms with Crippen molar-refractivity contribution in [3.05, 3.63) is 28.8 Å². The van der Waals surface area contributed by atoms with Crippen LogP contribution in [0.1, 0.15) is 29.6 Å². The van der Waals surface area contributed by atoms with Crippen LogP contribution < -0.4 is 4.74 Å². The van der Waals surface area contributed by atoms with Gasteiger partial charge in [-0.2, -0.15) is 0 Å². The van der Waals surface area contributed by atoms with E-state index in [0.717, 1.165) is 31.1 Å². The summed E-state index contributed by atoms with van der Waals surface area (Å²) in [6.07, 6.45) is 3.23. The van der Waals surface area contributed by atoms with Gasteiger partial charge in [0.25, 0.3) is 5.91 Å². The summed E-state index contributed by atoms with van der Waals surface area (Å²) in [7, 11) is 3.35. The lowest BCUT2D eigenvalue weighted by molar-refractivity contribution is 0.0789. The van der Waals surface area contributed by atoms with E-state index in [4.69, 9.17) is 16.3 Å². The van der Waals surface area contributed by atoms with Crippen LogP contribution in [-0.2, 0) is 0 Å². The van der Waals surface area contributed by atoms with E-state index in [2.05, 4.69) is 15.9 Å². The molecule has 0 N–H and O–H groups in total. The van der Waals surface area contributed by atoms with Gasteiger partial charge in [-0.15, -0.1) is 0 Å². The lowest BCUT2D eigenvalue weighted by atomic mass is 10.1. The maximum atomic E-state index is 12.3. The van der Waals surface area contributed by atoms with Crippen molar-refractivity contribution in [2.24, 2.45) is 0 Å². The molecule has 1 aromatic carbocycles. The SMILES string of the molecule is COc1ccc(Cl)cc1C(=O)N(C)CCCCCBr. The Balaban J connectivity index is 2.68. The first-order chi connectivity index (χ1) is 9.10. The standard InChI is InChI=1S/C14H19BrClNO2/c1-17(9-5-3-4-8-15)14(18)12-10-11(16)6-7-13(12)19-2/h6-7,10H,3-5,8-9H2,1-2H3. The van der Waals surface area contributed by atoms with Crippen molar-refractivity contribution in [3.8, 4) is 5.75 Å². The van der Waals surface area contributed by atoms with E-state index in [1.807, 2.05) is 0 Å². The minimum Gasteiger partial charge on any atom is -0.496 e. The number of unbranched alkanes of at least 4 members (excludes halogenated alkanes) is 2. The number of nitrogens with zero attached hydrogens (tertiary/aromatic N) is 1. The Hall–Kier alpha value is -0.740. The molecule has 106 valence electrons. The van der Waals surface area contributed by atoms with Gasteiger partial charge in [0.2, 0.25) is 0 Å². The smallest absolute Gasteiger partial charge is 0.257 e. The number of amides is 1. The predicted octanol–water partition coefficient (Wildman–Crippen LogP) is 3.99. The Morgan fingerprint density at radius 3 is 2.74 bits per heavy atom. The Bertz CT molecular complexity index is 426. The van der Waals surface area contributed by atoms with Crippen LogP contribution >= 0.6 is 27.5 Å². The van der Waals surface area contributed by atoms with Crippen LogP contribution in [0.25, 0.3) is 0 Å². The highest BCUT2D eigenvalue weighted by Crippen LogP contribution is 2.23. The first-order valence-electron chi connectivity index (χ1n) is 6.25. The van der Waals surface area contributed by atoms with Gasteiger partial charge in [0.15, 0.2) is 0 Å². The second kappa shape index (κ2) is 8.43. The van der Waals surface area contributed by atoms with E-state index in [0.29, 0.717) is 16.3 Å². The fraction of sp³-hybridized carbons (Fsp3) is 0.500. The van der Waals surface area contributed by atoms with Gasteiger partial charge in [0.1, 0.15) is 5.75 Å². The molecule has 0 bridgehead atoms. The number of ether oxygens (including phenoxy) is 1. The molecule has 0 atom stereocenters. The van der Waals surface area contributed by atoms with Crippen LogP contribution in [0.3, 0.4) is 0 Å². The fourth-order valence-electron chi connectivity index (χ4n) is 1.77. The lowest BCUT2D eigenvalue weighted by Crippen LogP contribution is -2.28. The van der Waals surface area contributed by atoms with E-state index < -0.39 is 0 Å². The largest absolute Gasteiger partial charge is 0.496 e. The molecule has 1 aromatic rings. The zero-order valence-corrected chi connectivity index (χ0v) is 13.6. The van der Waals surface area contributed by atoms with Crippen LogP contribution in [0.4, 0.5) is 0 Å². The Kier molecular flexibility index (Phi) is 7.24. The molecule has 3 nitrogen and oxygen atoms in total. The number of alkyl halides is 1. The maximum absolute atomic E-state index is 12.3. The van der Waals surface area contributed by atoms with Gasteiger partial charge in [-0.25, -0.2) is 0 Å². The third-order valence-electron chi connectivity index (χ3n) is 2.87. The average molecular weight is 349 g/mol. The van der Waals surface area contributed by atoms with Crippen molar-refractivity contribution in [1.29, 1.82) is 0 Å². The van der Waals surface area contributed by atoms with Crippen molar-refractivity contribution in [2.75, 3.05) is 26.0 Å². The molecule has 0 spiro atoms. The lowest BCUT2D eigenvalue weighted by Gasteiger charge is -2.18. The van der Waals surface area contributed by atoms with Crippen molar-refractivity contribution < 1.29 is 9.53 Å². The van der Waals surface area contributed by atoms with Crippen molar-refractivity contribution in [2.45, 2.75) is 19.3 Å². The summed E-state index contributed by atoms with van der Waals surface area (Å²) >= 11 is 9.33. The number of methoxy groups -OCH3 is 1. The molecule has 0 saturated heterocycles. The maximum Gasteiger partial charge on any atom is 0.257 e. The predicted molar refractivity (Wildman–Crippen MR) is 82.6 cm³/mol. The normalized spacial score (nSPS) is 10.3. The van der Waals surface area contributed by atoms with Gasteiger partial charge < -0.3 is 9.64 Å². The molecule has 5 heteroatoms. The van der Waals surface area contributed by atoms with E-state index in [9.17, 15) is 4.79 Å². The third-order valence-corrected chi connectivity index (χ3v) is 3.66. The number of halogens is 2. The van der Waals surface area contributed by atoms with E-state index >= 15 is 0 Å². The topological polar surface area (TPSA) is 29.5 Å². The number of carbonyl (C=O) groups excluding carboxylic acids is 1. The molecule has 0 aromatic heterocycles. The summed E-state index contributed by atoms with van der Waals surface area (Å²) < 4.78 is 5.20. The Labute approximate surface area is 128 Å². The van der Waals surface area contributed by atoms with Crippen LogP contribution in [0, 0.1) is 0 Å². The van der Waals surface area contributed by atoms with Crippen molar-refractivity contribution in [1.82, 2.24) is 4.90 Å². The van der Waals surface area contributed by atoms with E-state index in [1.54, 1.807) is 37.3 Å². The van der Waals surface area contributed by atoms with Gasteiger partial charge in [-0.3, -0.25) is 4.79 Å². The molecule has 1 amide bonds. The number of carbonyl (C=O) groups is 1. The number of rotatable bonds is 7. The summed E-state index contributed by atoms with van der Waals surface area (Å²) in [6, 6.07) is 5.08. The monoisotopic (exact) mass is 347 g/mol. The first kappa shape index (κ1) is 16.3. The molecule has 19 heavy (non-hydrogen) atoms. The van der Waals surface area contributed by atoms with Crippen LogP contribution in [0.15, 0.2) is 18.2 Å².